The highest BCUT2D eigenvalue weighted by molar-refractivity contribution is 5.76. The quantitative estimate of drug-likeness (QED) is 0.195. The molecule has 0 aromatic heterocycles. The molecule has 0 radical (unpaired) electrons. The molecule has 0 unspecified atom stereocenters. The number of carbonyl (C=O) groups is 2. The molecule has 39 heavy (non-hydrogen) atoms. The molecular weight excluding hydrogens is 498 g/mol. The van der Waals surface area contributed by atoms with E-state index in [4.69, 9.17) is 24.7 Å². The molecule has 1 fully saturated rings. The Balaban J connectivity index is -0.000000635. The second-order valence-corrected chi connectivity index (χ2v) is 10.7. The number of piperazine rings is 1. The Labute approximate surface area is 241 Å². The van der Waals surface area contributed by atoms with Crippen molar-refractivity contribution in [1.29, 1.82) is 0 Å². The van der Waals surface area contributed by atoms with Crippen molar-refractivity contribution in [2.75, 3.05) is 79.0 Å². The third kappa shape index (κ3) is 29.5. The number of primary amides is 1. The Bertz CT molecular complexity index is 562. The topological polar surface area (TPSA) is 112 Å². The third-order valence-corrected chi connectivity index (χ3v) is 6.34. The molecule has 9 heteroatoms. The molecule has 3 N–H and O–H groups in total. The predicted octanol–water partition coefficient (Wildman–Crippen LogP) is 4.66. The van der Waals surface area contributed by atoms with Crippen LogP contribution in [-0.2, 0) is 28.5 Å². The molecule has 0 saturated carbocycles. The lowest BCUT2D eigenvalue weighted by atomic mass is 9.85. The van der Waals surface area contributed by atoms with E-state index < -0.39 is 0 Å². The van der Waals surface area contributed by atoms with Gasteiger partial charge in [-0.05, 0) is 37.0 Å². The highest BCUT2D eigenvalue weighted by atomic mass is 16.5. The van der Waals surface area contributed by atoms with Crippen LogP contribution in [0.4, 0.5) is 0 Å². The number of rotatable bonds is 21. The zero-order valence-corrected chi connectivity index (χ0v) is 26.5. The average molecular weight is 564 g/mol. The average Bonchev–Trinajstić information content (AvgIpc) is 2.92. The fourth-order valence-electron chi connectivity index (χ4n) is 3.47. The van der Waals surface area contributed by atoms with E-state index >= 15 is 0 Å². The van der Waals surface area contributed by atoms with Crippen LogP contribution in [-0.4, -0.2) is 95.7 Å². The lowest BCUT2D eigenvalue weighted by Crippen LogP contribution is -2.46. The minimum absolute atomic E-state index is 0. The van der Waals surface area contributed by atoms with E-state index in [0.29, 0.717) is 51.5 Å². The van der Waals surface area contributed by atoms with Gasteiger partial charge in [-0.3, -0.25) is 9.59 Å². The highest BCUT2D eigenvalue weighted by Gasteiger charge is 2.15. The monoisotopic (exact) mass is 563 g/mol. The fourth-order valence-corrected chi connectivity index (χ4v) is 3.47. The molecule has 0 aromatic carbocycles. The van der Waals surface area contributed by atoms with Gasteiger partial charge in [0.2, 0.25) is 11.8 Å². The Kier molecular flexibility index (Phi) is 28.9. The summed E-state index contributed by atoms with van der Waals surface area (Å²) in [6, 6.07) is 0. The molecular formula is C30H65N3O6. The standard InChI is InChI=1S/C15H31NO4.C13H26N2O2.C2H6.H2/c1-4-15(2,3)7-5-8-18-10-12-20-13-11-19-9-6-14(16)17;1-12(2)4-3-10-17-11-5-13(16)15-8-6-14-7-9-15;1-2;/h4-13H2,1-3H3,(H2,16,17);12,14H,3-11H2,1-2H3;1-2H3;1H. The Hall–Kier alpha value is -1.26. The molecule has 1 aliphatic heterocycles. The van der Waals surface area contributed by atoms with Crippen molar-refractivity contribution in [3.8, 4) is 0 Å². The van der Waals surface area contributed by atoms with Gasteiger partial charge >= 0.3 is 0 Å². The molecule has 0 atom stereocenters. The molecule has 1 aliphatic rings. The zero-order valence-electron chi connectivity index (χ0n) is 26.5. The fraction of sp³-hybridized carbons (Fsp3) is 0.933. The smallest absolute Gasteiger partial charge is 0.224 e. The van der Waals surface area contributed by atoms with Crippen LogP contribution < -0.4 is 11.1 Å². The first-order chi connectivity index (χ1) is 18.7. The van der Waals surface area contributed by atoms with Crippen LogP contribution in [0.15, 0.2) is 0 Å². The number of hydrogen-bond donors (Lipinski definition) is 2. The van der Waals surface area contributed by atoms with Crippen LogP contribution in [0.5, 0.6) is 0 Å². The van der Waals surface area contributed by atoms with Crippen LogP contribution >= 0.6 is 0 Å². The molecule has 0 aliphatic carbocycles. The molecule has 9 nitrogen and oxygen atoms in total. The van der Waals surface area contributed by atoms with E-state index in [1.807, 2.05) is 18.7 Å². The SMILES string of the molecule is CC.CC(C)CCCOCCC(=O)N1CCNCC1.CCC(C)(C)CCCOCCOCCOCCC(N)=O.[HH]. The molecule has 236 valence electrons. The van der Waals surface area contributed by atoms with Crippen molar-refractivity contribution in [2.45, 2.75) is 93.4 Å². The van der Waals surface area contributed by atoms with Gasteiger partial charge in [-0.15, -0.1) is 0 Å². The summed E-state index contributed by atoms with van der Waals surface area (Å²) < 4.78 is 21.5. The first-order valence-electron chi connectivity index (χ1n) is 15.3. The normalized spacial score (nSPS) is 13.4. The van der Waals surface area contributed by atoms with Gasteiger partial charge < -0.3 is 34.9 Å². The van der Waals surface area contributed by atoms with Gasteiger partial charge in [0.15, 0.2) is 0 Å². The van der Waals surface area contributed by atoms with Crippen molar-refractivity contribution in [3.63, 3.8) is 0 Å². The van der Waals surface area contributed by atoms with Gasteiger partial charge in [-0.1, -0.05) is 54.9 Å². The van der Waals surface area contributed by atoms with Crippen LogP contribution in [0.3, 0.4) is 0 Å². The largest absolute Gasteiger partial charge is 0.381 e. The Morgan fingerprint density at radius 3 is 1.87 bits per heavy atom. The van der Waals surface area contributed by atoms with Gasteiger partial charge in [0.1, 0.15) is 0 Å². The summed E-state index contributed by atoms with van der Waals surface area (Å²) in [4.78, 5) is 24.1. The van der Waals surface area contributed by atoms with Crippen molar-refractivity contribution < 1.29 is 30.0 Å². The van der Waals surface area contributed by atoms with Gasteiger partial charge in [-0.25, -0.2) is 0 Å². The summed E-state index contributed by atoms with van der Waals surface area (Å²) in [7, 11) is 0. The molecule has 2 amide bonds. The minimum atomic E-state index is -0.342. The number of hydrogen-bond acceptors (Lipinski definition) is 7. The number of amides is 2. The summed E-state index contributed by atoms with van der Waals surface area (Å²) >= 11 is 0. The lowest BCUT2D eigenvalue weighted by Gasteiger charge is -2.27. The van der Waals surface area contributed by atoms with Crippen molar-refractivity contribution >= 4 is 11.8 Å². The van der Waals surface area contributed by atoms with Crippen LogP contribution in [0.25, 0.3) is 0 Å². The summed E-state index contributed by atoms with van der Waals surface area (Å²) in [5, 5.41) is 3.24. The molecule has 1 heterocycles. The van der Waals surface area contributed by atoms with Gasteiger partial charge in [0, 0.05) is 47.2 Å². The van der Waals surface area contributed by atoms with E-state index in [1.54, 1.807) is 0 Å². The maximum atomic E-state index is 11.8. The molecule has 1 saturated heterocycles. The third-order valence-electron chi connectivity index (χ3n) is 6.34. The van der Waals surface area contributed by atoms with Crippen molar-refractivity contribution in [3.05, 3.63) is 0 Å². The van der Waals surface area contributed by atoms with E-state index in [2.05, 4.69) is 39.9 Å². The molecule has 0 bridgehead atoms. The number of nitrogens with two attached hydrogens (primary N) is 1. The van der Waals surface area contributed by atoms with E-state index in [9.17, 15) is 9.59 Å². The second kappa shape index (κ2) is 28.3. The lowest BCUT2D eigenvalue weighted by molar-refractivity contribution is -0.132. The van der Waals surface area contributed by atoms with E-state index in [0.717, 1.165) is 58.2 Å². The number of carbonyl (C=O) groups excluding carboxylic acids is 2. The second-order valence-electron chi connectivity index (χ2n) is 10.7. The van der Waals surface area contributed by atoms with Crippen LogP contribution in [0, 0.1) is 11.3 Å². The summed E-state index contributed by atoms with van der Waals surface area (Å²) in [6.07, 6.45) is 6.57. The van der Waals surface area contributed by atoms with Crippen LogP contribution in [0.1, 0.15) is 94.8 Å². The zero-order chi connectivity index (χ0) is 29.8. The maximum Gasteiger partial charge on any atom is 0.224 e. The number of nitrogens with one attached hydrogen (secondary N) is 1. The first-order valence-corrected chi connectivity index (χ1v) is 15.3. The first kappa shape index (κ1) is 39.9. The predicted molar refractivity (Wildman–Crippen MR) is 162 cm³/mol. The molecule has 0 spiro atoms. The van der Waals surface area contributed by atoms with E-state index in [-0.39, 0.29) is 19.7 Å². The van der Waals surface area contributed by atoms with E-state index in [1.165, 1.54) is 19.3 Å². The minimum Gasteiger partial charge on any atom is -0.381 e. The summed E-state index contributed by atoms with van der Waals surface area (Å²) in [5.41, 5.74) is 5.40. The van der Waals surface area contributed by atoms with Crippen LogP contribution in [0.2, 0.25) is 0 Å². The Morgan fingerprint density at radius 1 is 0.846 bits per heavy atom. The summed E-state index contributed by atoms with van der Waals surface area (Å²) in [5.74, 6) is 0.627. The maximum absolute atomic E-state index is 11.8. The Morgan fingerprint density at radius 2 is 1.33 bits per heavy atom. The van der Waals surface area contributed by atoms with Crippen molar-refractivity contribution in [1.82, 2.24) is 10.2 Å². The van der Waals surface area contributed by atoms with Crippen molar-refractivity contribution in [2.24, 2.45) is 17.1 Å². The summed E-state index contributed by atoms with van der Waals surface area (Å²) in [6.45, 7) is 23.5. The molecule has 0 aromatic rings. The molecule has 1 rings (SSSR count). The number of ether oxygens (including phenoxy) is 4. The van der Waals surface area contributed by atoms with Gasteiger partial charge in [0.25, 0.3) is 0 Å². The van der Waals surface area contributed by atoms with Gasteiger partial charge in [-0.2, -0.15) is 0 Å². The van der Waals surface area contributed by atoms with Gasteiger partial charge in [0.05, 0.1) is 46.1 Å². The number of nitrogens with zero attached hydrogens (tertiary/aromatic N) is 1. The highest BCUT2D eigenvalue weighted by Crippen LogP contribution is 2.25.